The van der Waals surface area contributed by atoms with Crippen molar-refractivity contribution in [2.45, 2.75) is 63.5 Å². The van der Waals surface area contributed by atoms with E-state index in [1.807, 2.05) is 4.90 Å². The minimum atomic E-state index is -0.273. The van der Waals surface area contributed by atoms with Gasteiger partial charge in [-0.1, -0.05) is 0 Å². The number of carbonyl (C=O) groups is 2. The fourth-order valence-corrected chi connectivity index (χ4v) is 4.72. The number of piperidine rings is 1. The lowest BCUT2D eigenvalue weighted by molar-refractivity contribution is -0.133. The first-order valence-corrected chi connectivity index (χ1v) is 11.1. The number of nitrogens with zero attached hydrogens (tertiary/aromatic N) is 2. The summed E-state index contributed by atoms with van der Waals surface area (Å²) in [6.07, 6.45) is 10.1. The van der Waals surface area contributed by atoms with Crippen LogP contribution in [0, 0.1) is 5.92 Å². The number of likely N-dealkylation sites (tertiary alicyclic amines) is 2. The van der Waals surface area contributed by atoms with E-state index in [0.717, 1.165) is 51.2 Å². The lowest BCUT2D eigenvalue weighted by Crippen LogP contribution is -2.46. The summed E-state index contributed by atoms with van der Waals surface area (Å²) in [7, 11) is 0. The van der Waals surface area contributed by atoms with Gasteiger partial charge in [-0.15, -0.1) is 0 Å². The Morgan fingerprint density at radius 3 is 2.55 bits per heavy atom. The van der Waals surface area contributed by atoms with Gasteiger partial charge in [0.05, 0.1) is 0 Å². The first-order valence-electron chi connectivity index (χ1n) is 11.1. The lowest BCUT2D eigenvalue weighted by atomic mass is 10.1. The molecule has 29 heavy (non-hydrogen) atoms. The molecule has 0 aromatic carbocycles. The van der Waals surface area contributed by atoms with E-state index < -0.39 is 0 Å². The van der Waals surface area contributed by atoms with Gasteiger partial charge in [0.1, 0.15) is 0 Å². The number of nitrogens with one attached hydrogen (secondary N) is 2. The monoisotopic (exact) mass is 400 g/mol. The zero-order valence-electron chi connectivity index (χ0n) is 17.1. The van der Waals surface area contributed by atoms with E-state index in [9.17, 15) is 14.4 Å². The summed E-state index contributed by atoms with van der Waals surface area (Å²) < 4.78 is 0. The van der Waals surface area contributed by atoms with E-state index in [1.165, 1.54) is 31.5 Å². The van der Waals surface area contributed by atoms with Gasteiger partial charge in [0, 0.05) is 62.5 Å². The molecule has 3 aliphatic rings. The van der Waals surface area contributed by atoms with Crippen LogP contribution in [0.4, 0.5) is 0 Å². The SMILES string of the molecule is O=C(NC[C@@H]1CC[C@H](CC(=O)N2CCCCC2)N1CC1CC1)c1cc[nH]c(=O)c1. The predicted octanol–water partition coefficient (Wildman–Crippen LogP) is 1.75. The van der Waals surface area contributed by atoms with E-state index in [1.54, 1.807) is 6.07 Å². The van der Waals surface area contributed by atoms with E-state index in [0.29, 0.717) is 24.4 Å². The molecule has 0 radical (unpaired) electrons. The second-order valence-electron chi connectivity index (χ2n) is 8.82. The molecule has 0 spiro atoms. The highest BCUT2D eigenvalue weighted by Gasteiger charge is 2.38. The van der Waals surface area contributed by atoms with E-state index in [-0.39, 0.29) is 23.6 Å². The summed E-state index contributed by atoms with van der Waals surface area (Å²) in [5, 5.41) is 3.00. The Labute approximate surface area is 171 Å². The fraction of sp³-hybridized carbons (Fsp3) is 0.682. The van der Waals surface area contributed by atoms with Gasteiger partial charge in [-0.05, 0) is 56.9 Å². The van der Waals surface area contributed by atoms with Gasteiger partial charge >= 0.3 is 0 Å². The summed E-state index contributed by atoms with van der Waals surface area (Å²) in [5.74, 6) is 0.825. The van der Waals surface area contributed by atoms with Crippen LogP contribution >= 0.6 is 0 Å². The van der Waals surface area contributed by atoms with E-state index in [4.69, 9.17) is 0 Å². The van der Waals surface area contributed by atoms with Crippen molar-refractivity contribution in [3.05, 3.63) is 34.2 Å². The van der Waals surface area contributed by atoms with Crippen LogP contribution in [0.25, 0.3) is 0 Å². The molecule has 158 valence electrons. The number of pyridine rings is 1. The molecule has 7 nitrogen and oxygen atoms in total. The molecule has 0 bridgehead atoms. The number of hydrogen-bond donors (Lipinski definition) is 2. The topological polar surface area (TPSA) is 85.5 Å². The third kappa shape index (κ3) is 5.26. The van der Waals surface area contributed by atoms with Crippen LogP contribution in [0.2, 0.25) is 0 Å². The van der Waals surface area contributed by atoms with Crippen LogP contribution in [-0.4, -0.2) is 64.9 Å². The van der Waals surface area contributed by atoms with Crippen LogP contribution in [0.5, 0.6) is 0 Å². The van der Waals surface area contributed by atoms with Crippen molar-refractivity contribution in [3.63, 3.8) is 0 Å². The van der Waals surface area contributed by atoms with Crippen molar-refractivity contribution < 1.29 is 9.59 Å². The van der Waals surface area contributed by atoms with Gasteiger partial charge in [-0.3, -0.25) is 19.3 Å². The number of carbonyl (C=O) groups excluding carboxylic acids is 2. The molecule has 2 atom stereocenters. The number of rotatable bonds is 7. The Morgan fingerprint density at radius 1 is 1.07 bits per heavy atom. The Balaban J connectivity index is 1.34. The van der Waals surface area contributed by atoms with Gasteiger partial charge in [-0.2, -0.15) is 0 Å². The van der Waals surface area contributed by atoms with Crippen molar-refractivity contribution in [1.82, 2.24) is 20.1 Å². The Bertz CT molecular complexity index is 782. The number of aromatic amines is 1. The molecule has 2 aliphatic heterocycles. The molecular formula is C22H32N4O3. The smallest absolute Gasteiger partial charge is 0.251 e. The second-order valence-corrected chi connectivity index (χ2v) is 8.82. The number of hydrogen-bond acceptors (Lipinski definition) is 4. The molecule has 2 amide bonds. The second kappa shape index (κ2) is 9.11. The molecule has 7 heteroatoms. The molecule has 4 rings (SSSR count). The van der Waals surface area contributed by atoms with E-state index in [2.05, 4.69) is 15.2 Å². The molecule has 1 saturated carbocycles. The third-order valence-corrected chi connectivity index (χ3v) is 6.59. The molecule has 0 unspecified atom stereocenters. The summed E-state index contributed by atoms with van der Waals surface area (Å²) in [4.78, 5) is 43.7. The molecular weight excluding hydrogens is 368 g/mol. The molecule has 1 aromatic heterocycles. The largest absolute Gasteiger partial charge is 0.350 e. The minimum Gasteiger partial charge on any atom is -0.350 e. The minimum absolute atomic E-state index is 0.213. The summed E-state index contributed by atoms with van der Waals surface area (Å²) in [6, 6.07) is 3.49. The summed E-state index contributed by atoms with van der Waals surface area (Å²) in [5.41, 5.74) is 0.113. The highest BCUT2D eigenvalue weighted by molar-refractivity contribution is 5.93. The average molecular weight is 401 g/mol. The van der Waals surface area contributed by atoms with Gasteiger partial charge < -0.3 is 15.2 Å². The molecule has 3 fully saturated rings. The van der Waals surface area contributed by atoms with Crippen LogP contribution < -0.4 is 10.9 Å². The van der Waals surface area contributed by atoms with Crippen molar-refractivity contribution >= 4 is 11.8 Å². The maximum atomic E-state index is 12.8. The molecule has 1 aromatic rings. The molecule has 2 saturated heterocycles. The quantitative estimate of drug-likeness (QED) is 0.730. The highest BCUT2D eigenvalue weighted by Crippen LogP contribution is 2.35. The number of amides is 2. The van der Waals surface area contributed by atoms with Gasteiger partial charge in [0.2, 0.25) is 11.5 Å². The first kappa shape index (κ1) is 20.1. The molecule has 3 heterocycles. The van der Waals surface area contributed by atoms with Gasteiger partial charge in [-0.25, -0.2) is 0 Å². The summed E-state index contributed by atoms with van der Waals surface area (Å²) >= 11 is 0. The molecule has 2 N–H and O–H groups in total. The first-order chi connectivity index (χ1) is 14.1. The van der Waals surface area contributed by atoms with Crippen molar-refractivity contribution in [3.8, 4) is 0 Å². The standard InChI is InChI=1S/C22H32N4O3/c27-20-12-17(8-9-23-20)22(29)24-14-19-7-6-18(26(19)15-16-4-5-16)13-21(28)25-10-2-1-3-11-25/h8-9,12,16,18-19H,1-7,10-11,13-15H2,(H,23,27)(H,24,29)/t18-,19+/m1/s1. The average Bonchev–Trinajstić information content (AvgIpc) is 3.48. The van der Waals surface area contributed by atoms with Crippen molar-refractivity contribution in [2.75, 3.05) is 26.2 Å². The van der Waals surface area contributed by atoms with Crippen molar-refractivity contribution in [1.29, 1.82) is 0 Å². The Morgan fingerprint density at radius 2 is 1.83 bits per heavy atom. The maximum absolute atomic E-state index is 12.8. The summed E-state index contributed by atoms with van der Waals surface area (Å²) in [6.45, 7) is 3.41. The third-order valence-electron chi connectivity index (χ3n) is 6.59. The predicted molar refractivity (Wildman–Crippen MR) is 111 cm³/mol. The zero-order valence-corrected chi connectivity index (χ0v) is 17.1. The molecule has 1 aliphatic carbocycles. The van der Waals surface area contributed by atoms with Crippen LogP contribution in [0.15, 0.2) is 23.1 Å². The van der Waals surface area contributed by atoms with Crippen LogP contribution in [-0.2, 0) is 4.79 Å². The van der Waals surface area contributed by atoms with Gasteiger partial charge in [0.15, 0.2) is 0 Å². The maximum Gasteiger partial charge on any atom is 0.251 e. The number of H-pyrrole nitrogens is 1. The Hall–Kier alpha value is -2.15. The lowest BCUT2D eigenvalue weighted by Gasteiger charge is -2.33. The zero-order chi connectivity index (χ0) is 20.2. The van der Waals surface area contributed by atoms with Gasteiger partial charge in [0.25, 0.3) is 5.91 Å². The van der Waals surface area contributed by atoms with Crippen molar-refractivity contribution in [2.24, 2.45) is 5.92 Å². The number of aromatic nitrogens is 1. The Kier molecular flexibility index (Phi) is 6.33. The van der Waals surface area contributed by atoms with Crippen LogP contribution in [0.3, 0.4) is 0 Å². The fourth-order valence-electron chi connectivity index (χ4n) is 4.72. The normalized spacial score (nSPS) is 25.2. The highest BCUT2D eigenvalue weighted by atomic mass is 16.2. The van der Waals surface area contributed by atoms with E-state index >= 15 is 0 Å². The van der Waals surface area contributed by atoms with Crippen LogP contribution in [0.1, 0.15) is 61.7 Å².